The Morgan fingerprint density at radius 2 is 2.00 bits per heavy atom. The van der Waals surface area contributed by atoms with Crippen LogP contribution in [0.15, 0.2) is 39.7 Å². The number of sulfonamides is 1. The molecule has 2 aromatic carbocycles. The molecule has 1 aliphatic heterocycles. The molecule has 116 valence electrons. The number of hydrogen-bond donors (Lipinski definition) is 1. The molecule has 1 aliphatic rings. The monoisotopic (exact) mass is 396 g/mol. The third kappa shape index (κ3) is 2.67. The van der Waals surface area contributed by atoms with E-state index in [1.54, 1.807) is 6.07 Å². The lowest BCUT2D eigenvalue weighted by molar-refractivity contribution is 0.0985. The normalized spacial score (nSPS) is 14.7. The second-order valence-electron chi connectivity index (χ2n) is 4.58. The van der Waals surface area contributed by atoms with Crippen molar-refractivity contribution < 1.29 is 22.3 Å². The summed E-state index contributed by atoms with van der Waals surface area (Å²) in [5, 5.41) is 8.83. The number of nitrogens with zero attached hydrogens (tertiary/aromatic N) is 1. The van der Waals surface area contributed by atoms with Crippen LogP contribution in [0, 0.1) is 17.1 Å². The Morgan fingerprint density at radius 3 is 2.70 bits per heavy atom. The highest BCUT2D eigenvalue weighted by atomic mass is 79.9. The summed E-state index contributed by atoms with van der Waals surface area (Å²) in [4.78, 5) is 11.4. The van der Waals surface area contributed by atoms with Crippen LogP contribution in [0.4, 0.5) is 4.39 Å². The number of ether oxygens (including phenoxy) is 1. The van der Waals surface area contributed by atoms with E-state index in [0.717, 1.165) is 12.1 Å². The Hall–Kier alpha value is -2.44. The molecule has 2 aromatic rings. The molecule has 0 saturated carbocycles. The molecule has 6 nitrogen and oxygen atoms in total. The van der Waals surface area contributed by atoms with Crippen molar-refractivity contribution in [2.45, 2.75) is 4.90 Å². The summed E-state index contributed by atoms with van der Waals surface area (Å²) >= 11 is 3.09. The summed E-state index contributed by atoms with van der Waals surface area (Å²) in [6, 6.07) is 7.85. The molecule has 0 atom stereocenters. The first-order valence-electron chi connectivity index (χ1n) is 6.10. The first kappa shape index (κ1) is 15.5. The molecule has 0 aromatic heterocycles. The number of nitrogens with one attached hydrogen (secondary N) is 1. The number of nitriles is 1. The summed E-state index contributed by atoms with van der Waals surface area (Å²) in [5.41, 5.74) is 0.0444. The average Bonchev–Trinajstić information content (AvgIpc) is 2.71. The van der Waals surface area contributed by atoms with Gasteiger partial charge in [0.25, 0.3) is 15.9 Å². The molecule has 23 heavy (non-hydrogen) atoms. The van der Waals surface area contributed by atoms with Crippen molar-refractivity contribution >= 4 is 31.9 Å². The van der Waals surface area contributed by atoms with Crippen LogP contribution < -0.4 is 9.46 Å². The Bertz CT molecular complexity index is 999. The molecule has 0 spiro atoms. The van der Waals surface area contributed by atoms with Gasteiger partial charge in [0.05, 0.1) is 21.7 Å². The third-order valence-electron chi connectivity index (χ3n) is 3.03. The van der Waals surface area contributed by atoms with Crippen molar-refractivity contribution in [1.82, 2.24) is 4.72 Å². The molecule has 1 amide bonds. The zero-order valence-corrected chi connectivity index (χ0v) is 13.5. The third-order valence-corrected chi connectivity index (χ3v) is 5.50. The van der Waals surface area contributed by atoms with Crippen molar-refractivity contribution in [3.8, 4) is 17.6 Å². The lowest BCUT2D eigenvalue weighted by Gasteiger charge is -2.10. The number of amides is 1. The second kappa shape index (κ2) is 5.33. The molecule has 1 heterocycles. The fraction of sp³-hybridized carbons (Fsp3) is 0. The second-order valence-corrected chi connectivity index (χ2v) is 6.99. The SMILES string of the molecule is N#Cc1cc(F)cc(Oc2ccc3c(c2Br)S(=O)(=O)NC3=O)c1. The van der Waals surface area contributed by atoms with Gasteiger partial charge in [0.15, 0.2) is 0 Å². The number of fused-ring (bicyclic) bond motifs is 1. The molecule has 0 unspecified atom stereocenters. The average molecular weight is 397 g/mol. The highest BCUT2D eigenvalue weighted by molar-refractivity contribution is 9.10. The van der Waals surface area contributed by atoms with Crippen molar-refractivity contribution in [2.24, 2.45) is 0 Å². The predicted molar refractivity (Wildman–Crippen MR) is 80.0 cm³/mol. The van der Waals surface area contributed by atoms with Gasteiger partial charge in [-0.05, 0) is 40.2 Å². The van der Waals surface area contributed by atoms with Gasteiger partial charge in [-0.3, -0.25) is 4.79 Å². The number of benzene rings is 2. The minimum absolute atomic E-state index is 0.0128. The van der Waals surface area contributed by atoms with Crippen molar-refractivity contribution in [1.29, 1.82) is 5.26 Å². The Kier molecular flexibility index (Phi) is 3.58. The van der Waals surface area contributed by atoms with Gasteiger partial charge in [0.1, 0.15) is 22.2 Å². The van der Waals surface area contributed by atoms with Crippen LogP contribution in [-0.4, -0.2) is 14.3 Å². The van der Waals surface area contributed by atoms with Gasteiger partial charge >= 0.3 is 0 Å². The van der Waals surface area contributed by atoms with Crippen LogP contribution in [0.5, 0.6) is 11.5 Å². The molecule has 0 saturated heterocycles. The van der Waals surface area contributed by atoms with E-state index >= 15 is 0 Å². The van der Waals surface area contributed by atoms with E-state index in [1.807, 2.05) is 4.72 Å². The Balaban J connectivity index is 2.09. The Labute approximate surface area is 138 Å². The summed E-state index contributed by atoms with van der Waals surface area (Å²) < 4.78 is 44.6. The quantitative estimate of drug-likeness (QED) is 0.841. The number of hydrogen-bond acceptors (Lipinski definition) is 5. The topological polar surface area (TPSA) is 96.3 Å². The minimum Gasteiger partial charge on any atom is -0.456 e. The van der Waals surface area contributed by atoms with E-state index in [0.29, 0.717) is 0 Å². The summed E-state index contributed by atoms with van der Waals surface area (Å²) in [5.74, 6) is -1.30. The van der Waals surface area contributed by atoms with Crippen LogP contribution in [0.25, 0.3) is 0 Å². The first-order chi connectivity index (χ1) is 10.8. The molecule has 0 bridgehead atoms. The molecule has 0 radical (unpaired) electrons. The highest BCUT2D eigenvalue weighted by Crippen LogP contribution is 2.39. The largest absolute Gasteiger partial charge is 0.456 e. The molecular weight excluding hydrogens is 391 g/mol. The Morgan fingerprint density at radius 1 is 1.26 bits per heavy atom. The maximum absolute atomic E-state index is 13.4. The van der Waals surface area contributed by atoms with Crippen LogP contribution in [0.3, 0.4) is 0 Å². The molecule has 1 N–H and O–H groups in total. The molecule has 0 aliphatic carbocycles. The van der Waals surface area contributed by atoms with Gasteiger partial charge in [-0.15, -0.1) is 0 Å². The number of halogens is 2. The predicted octanol–water partition coefficient (Wildman–Crippen LogP) is 2.68. The molecule has 3 rings (SSSR count). The van der Waals surface area contributed by atoms with Crippen LogP contribution in [-0.2, 0) is 10.0 Å². The van der Waals surface area contributed by atoms with Crippen molar-refractivity contribution in [3.05, 3.63) is 51.7 Å². The number of carbonyl (C=O) groups is 1. The van der Waals surface area contributed by atoms with E-state index < -0.39 is 21.7 Å². The van der Waals surface area contributed by atoms with Gasteiger partial charge in [-0.25, -0.2) is 17.5 Å². The lowest BCUT2D eigenvalue weighted by atomic mass is 10.2. The smallest absolute Gasteiger partial charge is 0.266 e. The van der Waals surface area contributed by atoms with E-state index in [-0.39, 0.29) is 32.0 Å². The fourth-order valence-corrected chi connectivity index (χ4v) is 4.41. The van der Waals surface area contributed by atoms with Gasteiger partial charge in [0.2, 0.25) is 0 Å². The zero-order chi connectivity index (χ0) is 16.8. The zero-order valence-electron chi connectivity index (χ0n) is 11.1. The lowest BCUT2D eigenvalue weighted by Crippen LogP contribution is -2.20. The minimum atomic E-state index is -3.97. The van der Waals surface area contributed by atoms with Gasteiger partial charge in [-0.2, -0.15) is 5.26 Å². The maximum atomic E-state index is 13.4. The van der Waals surface area contributed by atoms with Gasteiger partial charge in [0, 0.05) is 6.07 Å². The van der Waals surface area contributed by atoms with Crippen molar-refractivity contribution in [3.63, 3.8) is 0 Å². The van der Waals surface area contributed by atoms with E-state index in [2.05, 4.69) is 15.9 Å². The van der Waals surface area contributed by atoms with Gasteiger partial charge in [-0.1, -0.05) is 0 Å². The fourth-order valence-electron chi connectivity index (χ4n) is 2.10. The highest BCUT2D eigenvalue weighted by Gasteiger charge is 2.36. The summed E-state index contributed by atoms with van der Waals surface area (Å²) in [7, 11) is -3.97. The van der Waals surface area contributed by atoms with Crippen LogP contribution >= 0.6 is 15.9 Å². The van der Waals surface area contributed by atoms with Crippen molar-refractivity contribution in [2.75, 3.05) is 0 Å². The number of carbonyl (C=O) groups excluding carboxylic acids is 1. The first-order valence-corrected chi connectivity index (χ1v) is 8.37. The van der Waals surface area contributed by atoms with E-state index in [4.69, 9.17) is 10.00 Å². The maximum Gasteiger partial charge on any atom is 0.266 e. The molecule has 0 fully saturated rings. The van der Waals surface area contributed by atoms with E-state index in [9.17, 15) is 17.6 Å². The van der Waals surface area contributed by atoms with Crippen LogP contribution in [0.1, 0.15) is 15.9 Å². The molecular formula is C14H6BrFN2O4S. The summed E-state index contributed by atoms with van der Waals surface area (Å²) in [6.07, 6.45) is 0. The summed E-state index contributed by atoms with van der Waals surface area (Å²) in [6.45, 7) is 0. The standard InChI is InChI=1S/C14H6BrFN2O4S/c15-12-11(22-9-4-7(6-17)3-8(16)5-9)2-1-10-13(12)23(20,21)18-14(10)19/h1-5H,(H,18,19). The van der Waals surface area contributed by atoms with E-state index in [1.165, 1.54) is 18.2 Å². The van der Waals surface area contributed by atoms with Gasteiger partial charge < -0.3 is 4.74 Å². The molecule has 9 heteroatoms. The number of rotatable bonds is 2. The van der Waals surface area contributed by atoms with Crippen LogP contribution in [0.2, 0.25) is 0 Å².